The van der Waals surface area contributed by atoms with Gasteiger partial charge in [0.25, 0.3) is 0 Å². The van der Waals surface area contributed by atoms with Gasteiger partial charge in [-0.1, -0.05) is 52.8 Å². The van der Waals surface area contributed by atoms with E-state index in [9.17, 15) is 0 Å². The lowest BCUT2D eigenvalue weighted by atomic mass is 10.3. The zero-order valence-corrected chi connectivity index (χ0v) is 10.9. The second-order valence-electron chi connectivity index (χ2n) is 3.74. The zero-order valence-electron chi connectivity index (χ0n) is 9.52. The monoisotopic (exact) mass is 228 g/mol. The summed E-state index contributed by atoms with van der Waals surface area (Å²) in [7, 11) is -0.320. The van der Waals surface area contributed by atoms with Crippen molar-refractivity contribution in [3.05, 3.63) is 54.6 Å². The Kier molecular flexibility index (Phi) is 3.78. The Morgan fingerprint density at radius 3 is 2.12 bits per heavy atom. The second-order valence-corrected chi connectivity index (χ2v) is 5.73. The van der Waals surface area contributed by atoms with Crippen LogP contribution in [0.1, 0.15) is 6.92 Å². The van der Waals surface area contributed by atoms with E-state index >= 15 is 0 Å². The van der Waals surface area contributed by atoms with Crippen LogP contribution in [0.15, 0.2) is 54.6 Å². The summed E-state index contributed by atoms with van der Waals surface area (Å²) in [6, 6.07) is 19.2. The van der Waals surface area contributed by atoms with E-state index in [-0.39, 0.29) is 9.52 Å². The number of ether oxygens (including phenoxy) is 1. The fourth-order valence-corrected chi connectivity index (χ4v) is 3.15. The van der Waals surface area contributed by atoms with Crippen LogP contribution in [0.25, 0.3) is 0 Å². The smallest absolute Gasteiger partial charge is 0.119 e. The zero-order chi connectivity index (χ0) is 11.2. The molecule has 0 saturated heterocycles. The molecule has 0 saturated carbocycles. The van der Waals surface area contributed by atoms with E-state index in [1.807, 2.05) is 6.92 Å². The molecular formula is C14H16OSi. The van der Waals surface area contributed by atoms with Gasteiger partial charge in [0.1, 0.15) is 5.75 Å². The highest BCUT2D eigenvalue weighted by Gasteiger charge is 1.97. The predicted molar refractivity (Wildman–Crippen MR) is 71.9 cm³/mol. The molecule has 0 aliphatic rings. The summed E-state index contributed by atoms with van der Waals surface area (Å²) in [5.41, 5.74) is 0. The van der Waals surface area contributed by atoms with Gasteiger partial charge in [-0.15, -0.1) is 0 Å². The summed E-state index contributed by atoms with van der Waals surface area (Å²) in [6.45, 7) is 2.74. The van der Waals surface area contributed by atoms with Crippen LogP contribution in [-0.2, 0) is 0 Å². The maximum absolute atomic E-state index is 5.43. The Labute approximate surface area is 98.9 Å². The third-order valence-corrected chi connectivity index (χ3v) is 4.24. The van der Waals surface area contributed by atoms with Gasteiger partial charge in [-0.25, -0.2) is 0 Å². The predicted octanol–water partition coefficient (Wildman–Crippen LogP) is 1.20. The van der Waals surface area contributed by atoms with Crippen molar-refractivity contribution in [2.45, 2.75) is 6.92 Å². The van der Waals surface area contributed by atoms with Crippen molar-refractivity contribution < 1.29 is 4.74 Å². The molecule has 2 heteroatoms. The van der Waals surface area contributed by atoms with E-state index < -0.39 is 0 Å². The first-order valence-corrected chi connectivity index (χ1v) is 7.05. The first kappa shape index (κ1) is 11.0. The van der Waals surface area contributed by atoms with Gasteiger partial charge >= 0.3 is 0 Å². The summed E-state index contributed by atoms with van der Waals surface area (Å²) < 4.78 is 5.43. The first-order chi connectivity index (χ1) is 7.88. The highest BCUT2D eigenvalue weighted by atomic mass is 28.2. The van der Waals surface area contributed by atoms with Crippen molar-refractivity contribution in [3.63, 3.8) is 0 Å². The molecule has 0 aromatic heterocycles. The molecule has 0 atom stereocenters. The van der Waals surface area contributed by atoms with E-state index in [1.165, 1.54) is 10.4 Å². The molecule has 0 heterocycles. The maximum Gasteiger partial charge on any atom is 0.119 e. The van der Waals surface area contributed by atoms with Crippen LogP contribution in [0, 0.1) is 0 Å². The Hall–Kier alpha value is -1.54. The summed E-state index contributed by atoms with van der Waals surface area (Å²) in [6.07, 6.45) is 0. The topological polar surface area (TPSA) is 9.23 Å². The molecule has 2 aromatic rings. The Bertz CT molecular complexity index is 422. The van der Waals surface area contributed by atoms with Crippen molar-refractivity contribution in [3.8, 4) is 5.75 Å². The summed E-state index contributed by atoms with van der Waals surface area (Å²) in [5, 5.41) is 2.93. The average molecular weight is 228 g/mol. The molecule has 2 aromatic carbocycles. The molecule has 0 aliphatic carbocycles. The van der Waals surface area contributed by atoms with Crippen LogP contribution in [0.3, 0.4) is 0 Å². The van der Waals surface area contributed by atoms with Crippen molar-refractivity contribution >= 4 is 19.9 Å². The lowest BCUT2D eigenvalue weighted by molar-refractivity contribution is 0.340. The molecule has 0 amide bonds. The third kappa shape index (κ3) is 2.97. The largest absolute Gasteiger partial charge is 0.494 e. The average Bonchev–Trinajstić information content (AvgIpc) is 2.33. The highest BCUT2D eigenvalue weighted by molar-refractivity contribution is 6.67. The van der Waals surface area contributed by atoms with Crippen LogP contribution in [0.4, 0.5) is 0 Å². The SMILES string of the molecule is CCOc1ccc([SiH2]c2ccccc2)cc1. The van der Waals surface area contributed by atoms with Gasteiger partial charge in [0, 0.05) is 0 Å². The molecule has 0 unspecified atom stereocenters. The van der Waals surface area contributed by atoms with Crippen molar-refractivity contribution in [1.82, 2.24) is 0 Å². The minimum Gasteiger partial charge on any atom is -0.494 e. The number of hydrogen-bond donors (Lipinski definition) is 0. The number of rotatable bonds is 4. The maximum atomic E-state index is 5.43. The minimum atomic E-state index is -0.320. The van der Waals surface area contributed by atoms with Crippen LogP contribution < -0.4 is 15.1 Å². The van der Waals surface area contributed by atoms with Crippen molar-refractivity contribution in [2.75, 3.05) is 6.61 Å². The van der Waals surface area contributed by atoms with Crippen molar-refractivity contribution in [2.24, 2.45) is 0 Å². The molecule has 0 N–H and O–H groups in total. The normalized spacial score (nSPS) is 10.8. The Balaban J connectivity index is 2.05. The third-order valence-electron chi connectivity index (χ3n) is 2.49. The fraction of sp³-hybridized carbons (Fsp3) is 0.143. The van der Waals surface area contributed by atoms with Crippen LogP contribution >= 0.6 is 0 Å². The quantitative estimate of drug-likeness (QED) is 0.715. The standard InChI is InChI=1S/C14H16OSi/c1-2-15-12-8-10-14(11-9-12)16-13-6-4-3-5-7-13/h3-11H,2,16H2,1H3. The summed E-state index contributed by atoms with van der Waals surface area (Å²) >= 11 is 0. The second kappa shape index (κ2) is 5.52. The highest BCUT2D eigenvalue weighted by Crippen LogP contribution is 2.06. The molecule has 0 spiro atoms. The Morgan fingerprint density at radius 1 is 0.875 bits per heavy atom. The molecule has 2 rings (SSSR count). The van der Waals surface area contributed by atoms with Gasteiger partial charge in [-0.2, -0.15) is 0 Å². The van der Waals surface area contributed by atoms with Gasteiger partial charge in [0.2, 0.25) is 0 Å². The molecule has 0 radical (unpaired) electrons. The van der Waals surface area contributed by atoms with Crippen LogP contribution in [-0.4, -0.2) is 16.1 Å². The van der Waals surface area contributed by atoms with Gasteiger partial charge in [0.05, 0.1) is 16.1 Å². The lowest BCUT2D eigenvalue weighted by Crippen LogP contribution is -2.26. The van der Waals surface area contributed by atoms with Crippen molar-refractivity contribution in [1.29, 1.82) is 0 Å². The Morgan fingerprint density at radius 2 is 1.50 bits per heavy atom. The van der Waals surface area contributed by atoms with E-state index in [2.05, 4.69) is 54.6 Å². The molecular weight excluding hydrogens is 212 g/mol. The van der Waals surface area contributed by atoms with E-state index in [4.69, 9.17) is 4.74 Å². The van der Waals surface area contributed by atoms with E-state index in [1.54, 1.807) is 0 Å². The first-order valence-electron chi connectivity index (χ1n) is 5.64. The molecule has 0 aliphatic heterocycles. The van der Waals surface area contributed by atoms with Crippen LogP contribution in [0.2, 0.25) is 0 Å². The molecule has 16 heavy (non-hydrogen) atoms. The summed E-state index contributed by atoms with van der Waals surface area (Å²) in [4.78, 5) is 0. The molecule has 0 fully saturated rings. The van der Waals surface area contributed by atoms with Crippen LogP contribution in [0.5, 0.6) is 5.75 Å². The van der Waals surface area contributed by atoms with Gasteiger partial charge in [-0.05, 0) is 19.1 Å². The van der Waals surface area contributed by atoms with Gasteiger partial charge in [-0.3, -0.25) is 0 Å². The lowest BCUT2D eigenvalue weighted by Gasteiger charge is -2.04. The molecule has 1 nitrogen and oxygen atoms in total. The van der Waals surface area contributed by atoms with Gasteiger partial charge in [0.15, 0.2) is 0 Å². The number of benzene rings is 2. The minimum absolute atomic E-state index is 0.320. The number of hydrogen-bond acceptors (Lipinski definition) is 1. The molecule has 0 bridgehead atoms. The summed E-state index contributed by atoms with van der Waals surface area (Å²) in [5.74, 6) is 0.966. The van der Waals surface area contributed by atoms with E-state index in [0.29, 0.717) is 0 Å². The van der Waals surface area contributed by atoms with E-state index in [0.717, 1.165) is 12.4 Å². The van der Waals surface area contributed by atoms with Gasteiger partial charge < -0.3 is 4.74 Å². The fourth-order valence-electron chi connectivity index (χ4n) is 1.70. The molecule has 82 valence electrons.